The summed E-state index contributed by atoms with van der Waals surface area (Å²) >= 11 is 0. The predicted octanol–water partition coefficient (Wildman–Crippen LogP) is 0.995. The van der Waals surface area contributed by atoms with Crippen molar-refractivity contribution in [3.8, 4) is 0 Å². The highest BCUT2D eigenvalue weighted by molar-refractivity contribution is 5.80. The maximum Gasteiger partial charge on any atom is 0.226 e. The van der Waals surface area contributed by atoms with E-state index in [0.29, 0.717) is 13.1 Å². The molecule has 1 N–H and O–H groups in total. The van der Waals surface area contributed by atoms with Gasteiger partial charge in [0.1, 0.15) is 0 Å². The lowest BCUT2D eigenvalue weighted by Gasteiger charge is -2.19. The Labute approximate surface area is 101 Å². The maximum atomic E-state index is 12.3. The van der Waals surface area contributed by atoms with Crippen LogP contribution >= 0.6 is 0 Å². The second-order valence-corrected chi connectivity index (χ2v) is 5.10. The van der Waals surface area contributed by atoms with Crippen molar-refractivity contribution in [2.45, 2.75) is 25.4 Å². The smallest absolute Gasteiger partial charge is 0.226 e. The predicted molar refractivity (Wildman–Crippen MR) is 64.5 cm³/mol. The molecule has 90 valence electrons. The Kier molecular flexibility index (Phi) is 2.63. The molecular formula is C14H17NO2. The monoisotopic (exact) mass is 231 g/mol. The molecule has 1 aliphatic carbocycles. The summed E-state index contributed by atoms with van der Waals surface area (Å²) < 4.78 is 0. The third kappa shape index (κ3) is 1.95. The van der Waals surface area contributed by atoms with E-state index in [2.05, 4.69) is 12.1 Å². The van der Waals surface area contributed by atoms with E-state index in [1.807, 2.05) is 17.0 Å². The topological polar surface area (TPSA) is 40.5 Å². The fraction of sp³-hybridized carbons (Fsp3) is 0.500. The Morgan fingerprint density at radius 1 is 1.24 bits per heavy atom. The van der Waals surface area contributed by atoms with Crippen LogP contribution in [-0.2, 0) is 17.6 Å². The fourth-order valence-electron chi connectivity index (χ4n) is 2.93. The zero-order valence-electron chi connectivity index (χ0n) is 9.80. The molecule has 1 heterocycles. The summed E-state index contributed by atoms with van der Waals surface area (Å²) in [5.74, 6) is 0.315. The van der Waals surface area contributed by atoms with Gasteiger partial charge in [0.2, 0.25) is 5.91 Å². The van der Waals surface area contributed by atoms with Crippen molar-refractivity contribution in [3.05, 3.63) is 35.4 Å². The summed E-state index contributed by atoms with van der Waals surface area (Å²) in [6, 6.07) is 8.29. The number of fused-ring (bicyclic) bond motifs is 1. The number of nitrogens with zero attached hydrogens (tertiary/aromatic N) is 1. The molecule has 1 fully saturated rings. The molecule has 1 saturated heterocycles. The van der Waals surface area contributed by atoms with Crippen LogP contribution in [0, 0.1) is 5.92 Å². The summed E-state index contributed by atoms with van der Waals surface area (Å²) in [5, 5.41) is 9.47. The average Bonchev–Trinajstić information content (AvgIpc) is 2.93. The van der Waals surface area contributed by atoms with Gasteiger partial charge in [-0.3, -0.25) is 4.79 Å². The van der Waals surface area contributed by atoms with Crippen molar-refractivity contribution in [2.75, 3.05) is 13.1 Å². The molecule has 1 amide bonds. The number of rotatable bonds is 1. The summed E-state index contributed by atoms with van der Waals surface area (Å²) in [6.45, 7) is 1.23. The summed E-state index contributed by atoms with van der Waals surface area (Å²) in [7, 11) is 0. The number of likely N-dealkylation sites (tertiary alicyclic amines) is 1. The minimum Gasteiger partial charge on any atom is -0.391 e. The number of carbonyl (C=O) groups excluding carboxylic acids is 1. The van der Waals surface area contributed by atoms with Crippen LogP contribution in [0.4, 0.5) is 0 Å². The molecule has 0 bridgehead atoms. The number of carbonyl (C=O) groups is 1. The first-order valence-corrected chi connectivity index (χ1v) is 6.27. The Morgan fingerprint density at radius 2 is 1.88 bits per heavy atom. The van der Waals surface area contributed by atoms with Gasteiger partial charge in [0.25, 0.3) is 0 Å². The Balaban J connectivity index is 1.70. The molecule has 3 rings (SSSR count). The number of aliphatic hydroxyl groups excluding tert-OH is 1. The van der Waals surface area contributed by atoms with Gasteiger partial charge in [-0.1, -0.05) is 24.3 Å². The minimum atomic E-state index is -0.317. The van der Waals surface area contributed by atoms with Crippen molar-refractivity contribution in [1.82, 2.24) is 4.90 Å². The van der Waals surface area contributed by atoms with Crippen LogP contribution in [0.15, 0.2) is 24.3 Å². The third-order valence-corrected chi connectivity index (χ3v) is 3.88. The molecule has 0 saturated carbocycles. The highest BCUT2D eigenvalue weighted by atomic mass is 16.3. The lowest BCUT2D eigenvalue weighted by atomic mass is 10.1. The first-order valence-electron chi connectivity index (χ1n) is 6.27. The molecule has 1 aliphatic heterocycles. The Bertz CT molecular complexity index is 419. The molecule has 3 heteroatoms. The largest absolute Gasteiger partial charge is 0.391 e. The molecule has 2 aliphatic rings. The highest BCUT2D eigenvalue weighted by Gasteiger charge is 2.33. The maximum absolute atomic E-state index is 12.3. The normalized spacial score (nSPS) is 24.1. The minimum absolute atomic E-state index is 0.0951. The lowest BCUT2D eigenvalue weighted by Crippen LogP contribution is -2.35. The molecular weight excluding hydrogens is 214 g/mol. The van der Waals surface area contributed by atoms with Gasteiger partial charge < -0.3 is 10.0 Å². The van der Waals surface area contributed by atoms with Gasteiger partial charge in [-0.2, -0.15) is 0 Å². The van der Waals surface area contributed by atoms with Crippen LogP contribution in [0.2, 0.25) is 0 Å². The van der Waals surface area contributed by atoms with E-state index in [-0.39, 0.29) is 17.9 Å². The average molecular weight is 231 g/mol. The number of hydrogen-bond donors (Lipinski definition) is 1. The molecule has 1 unspecified atom stereocenters. The van der Waals surface area contributed by atoms with Gasteiger partial charge in [0, 0.05) is 19.0 Å². The fourth-order valence-corrected chi connectivity index (χ4v) is 2.93. The summed E-state index contributed by atoms with van der Waals surface area (Å²) in [6.07, 6.45) is 2.14. The van der Waals surface area contributed by atoms with E-state index < -0.39 is 0 Å². The van der Waals surface area contributed by atoms with Crippen molar-refractivity contribution in [1.29, 1.82) is 0 Å². The van der Waals surface area contributed by atoms with E-state index in [4.69, 9.17) is 0 Å². The Morgan fingerprint density at radius 3 is 2.41 bits per heavy atom. The van der Waals surface area contributed by atoms with Gasteiger partial charge in [-0.05, 0) is 30.4 Å². The van der Waals surface area contributed by atoms with Crippen molar-refractivity contribution in [2.24, 2.45) is 5.92 Å². The molecule has 17 heavy (non-hydrogen) atoms. The Hall–Kier alpha value is -1.35. The molecule has 1 aromatic rings. The number of hydrogen-bond acceptors (Lipinski definition) is 2. The van der Waals surface area contributed by atoms with Gasteiger partial charge in [-0.25, -0.2) is 0 Å². The van der Waals surface area contributed by atoms with Crippen molar-refractivity contribution < 1.29 is 9.90 Å². The van der Waals surface area contributed by atoms with Crippen LogP contribution in [0.5, 0.6) is 0 Å². The molecule has 3 nitrogen and oxygen atoms in total. The highest BCUT2D eigenvalue weighted by Crippen LogP contribution is 2.28. The zero-order chi connectivity index (χ0) is 11.8. The number of aliphatic hydroxyl groups is 1. The van der Waals surface area contributed by atoms with Gasteiger partial charge in [-0.15, -0.1) is 0 Å². The number of benzene rings is 1. The second kappa shape index (κ2) is 4.15. The molecule has 0 aromatic heterocycles. The van der Waals surface area contributed by atoms with Crippen LogP contribution in [0.3, 0.4) is 0 Å². The first kappa shape index (κ1) is 10.8. The van der Waals surface area contributed by atoms with Crippen LogP contribution in [0.25, 0.3) is 0 Å². The van der Waals surface area contributed by atoms with Gasteiger partial charge >= 0.3 is 0 Å². The SMILES string of the molecule is O=C(C1Cc2ccccc2C1)N1CCC(O)C1. The van der Waals surface area contributed by atoms with Crippen LogP contribution in [0.1, 0.15) is 17.5 Å². The van der Waals surface area contributed by atoms with Crippen molar-refractivity contribution in [3.63, 3.8) is 0 Å². The molecule has 1 aromatic carbocycles. The van der Waals surface area contributed by atoms with Gasteiger partial charge in [0.15, 0.2) is 0 Å². The van der Waals surface area contributed by atoms with Crippen LogP contribution < -0.4 is 0 Å². The molecule has 0 spiro atoms. The second-order valence-electron chi connectivity index (χ2n) is 5.10. The number of β-amino-alcohol motifs (C(OH)–C–C–N with tert-alkyl or cyclic N) is 1. The van der Waals surface area contributed by atoms with E-state index in [1.54, 1.807) is 0 Å². The van der Waals surface area contributed by atoms with E-state index >= 15 is 0 Å². The summed E-state index contributed by atoms with van der Waals surface area (Å²) in [5.41, 5.74) is 2.62. The third-order valence-electron chi connectivity index (χ3n) is 3.88. The molecule has 1 atom stereocenters. The van der Waals surface area contributed by atoms with E-state index in [0.717, 1.165) is 19.3 Å². The summed E-state index contributed by atoms with van der Waals surface area (Å²) in [4.78, 5) is 14.1. The van der Waals surface area contributed by atoms with Crippen molar-refractivity contribution >= 4 is 5.91 Å². The van der Waals surface area contributed by atoms with E-state index in [9.17, 15) is 9.90 Å². The first-order chi connectivity index (χ1) is 8.24. The molecule has 0 radical (unpaired) electrons. The van der Waals surface area contributed by atoms with E-state index in [1.165, 1.54) is 11.1 Å². The number of amides is 1. The zero-order valence-corrected chi connectivity index (χ0v) is 9.80. The van der Waals surface area contributed by atoms with Gasteiger partial charge in [0.05, 0.1) is 6.10 Å². The lowest BCUT2D eigenvalue weighted by molar-refractivity contribution is -0.134. The quantitative estimate of drug-likeness (QED) is 0.783. The standard InChI is InChI=1S/C14H17NO2/c16-13-5-6-15(9-13)14(17)12-7-10-3-1-2-4-11(10)8-12/h1-4,12-13,16H,5-9H2. The van der Waals surface area contributed by atoms with Crippen LogP contribution in [-0.4, -0.2) is 35.1 Å².